The fraction of sp³-hybridized carbons (Fsp3) is 0.467. The molecular weight excluding hydrogens is 277 g/mol. The zero-order valence-electron chi connectivity index (χ0n) is 11.7. The Hall–Kier alpha value is -2.11. The minimum Gasteiger partial charge on any atom is -0.507 e. The Morgan fingerprint density at radius 3 is 2.48 bits per heavy atom. The van der Waals surface area contributed by atoms with E-state index in [1.807, 2.05) is 6.92 Å². The lowest BCUT2D eigenvalue weighted by Crippen LogP contribution is -2.56. The van der Waals surface area contributed by atoms with Gasteiger partial charge in [0.15, 0.2) is 0 Å². The molecule has 0 unspecified atom stereocenters. The zero-order valence-corrected chi connectivity index (χ0v) is 11.7. The van der Waals surface area contributed by atoms with Gasteiger partial charge < -0.3 is 15.5 Å². The number of rotatable bonds is 3. The lowest BCUT2D eigenvalue weighted by molar-refractivity contribution is -0.146. The van der Waals surface area contributed by atoms with E-state index in [1.165, 1.54) is 12.1 Å². The van der Waals surface area contributed by atoms with Crippen molar-refractivity contribution < 1.29 is 24.2 Å². The Labute approximate surface area is 121 Å². The molecule has 1 aliphatic rings. The summed E-state index contributed by atoms with van der Waals surface area (Å²) in [6, 6.07) is 3.51. The molecule has 0 aromatic heterocycles. The van der Waals surface area contributed by atoms with E-state index in [-0.39, 0.29) is 0 Å². The highest BCUT2D eigenvalue weighted by molar-refractivity contribution is 6.00. The van der Waals surface area contributed by atoms with Gasteiger partial charge in [0.25, 0.3) is 5.91 Å². The zero-order chi connectivity index (χ0) is 15.6. The van der Waals surface area contributed by atoms with Gasteiger partial charge in [0.1, 0.15) is 22.7 Å². The molecule has 1 saturated carbocycles. The van der Waals surface area contributed by atoms with Crippen LogP contribution in [0.1, 0.15) is 43.0 Å². The summed E-state index contributed by atoms with van der Waals surface area (Å²) in [6.45, 7) is 2.02. The molecule has 0 atom stereocenters. The van der Waals surface area contributed by atoms with Crippen LogP contribution in [0, 0.1) is 11.7 Å². The van der Waals surface area contributed by atoms with Crippen molar-refractivity contribution in [3.63, 3.8) is 0 Å². The molecule has 3 N–H and O–H groups in total. The lowest BCUT2D eigenvalue weighted by atomic mass is 9.77. The van der Waals surface area contributed by atoms with Gasteiger partial charge in [-0.1, -0.05) is 13.0 Å². The number of phenols is 1. The maximum Gasteiger partial charge on any atom is 0.329 e. The van der Waals surface area contributed by atoms with Gasteiger partial charge in [-0.25, -0.2) is 9.18 Å². The van der Waals surface area contributed by atoms with E-state index in [9.17, 15) is 24.2 Å². The van der Waals surface area contributed by atoms with Crippen LogP contribution in [0.2, 0.25) is 0 Å². The average molecular weight is 295 g/mol. The van der Waals surface area contributed by atoms with Crippen molar-refractivity contribution in [2.24, 2.45) is 5.92 Å². The molecule has 0 saturated heterocycles. The van der Waals surface area contributed by atoms with Gasteiger partial charge in [0.05, 0.1) is 0 Å². The third-order valence-electron chi connectivity index (χ3n) is 4.11. The Morgan fingerprint density at radius 2 is 1.95 bits per heavy atom. The molecule has 1 amide bonds. The van der Waals surface area contributed by atoms with E-state index in [4.69, 9.17) is 0 Å². The van der Waals surface area contributed by atoms with Crippen molar-refractivity contribution >= 4 is 11.9 Å². The molecule has 21 heavy (non-hydrogen) atoms. The quantitative estimate of drug-likeness (QED) is 0.798. The first-order valence-electron chi connectivity index (χ1n) is 6.89. The number of halogens is 1. The molecule has 1 aliphatic carbocycles. The van der Waals surface area contributed by atoms with E-state index in [0.29, 0.717) is 31.6 Å². The van der Waals surface area contributed by atoms with E-state index in [0.717, 1.165) is 6.07 Å². The Bertz CT molecular complexity index is 545. The topological polar surface area (TPSA) is 86.6 Å². The summed E-state index contributed by atoms with van der Waals surface area (Å²) in [7, 11) is 0. The van der Waals surface area contributed by atoms with Crippen molar-refractivity contribution in [2.45, 2.75) is 38.1 Å². The summed E-state index contributed by atoms with van der Waals surface area (Å²) in [5, 5.41) is 21.5. The number of benzene rings is 1. The van der Waals surface area contributed by atoms with Gasteiger partial charge in [-0.05, 0) is 43.7 Å². The highest BCUT2D eigenvalue weighted by atomic mass is 19.1. The van der Waals surface area contributed by atoms with E-state index in [2.05, 4.69) is 5.32 Å². The molecule has 6 heteroatoms. The minimum atomic E-state index is -1.39. The number of phenolic OH excluding ortho intramolecular Hbond substituents is 1. The Morgan fingerprint density at radius 1 is 1.33 bits per heavy atom. The standard InChI is InChI=1S/C15H18FNO4/c1-9-5-7-15(8-6-9,14(20)21)17-13(19)12-10(16)3-2-4-11(12)18/h2-4,9,18H,5-8H2,1H3,(H,17,19)(H,20,21). The number of aliphatic carboxylic acids is 1. The highest BCUT2D eigenvalue weighted by Gasteiger charge is 2.43. The Balaban J connectivity index is 2.26. The first kappa shape index (κ1) is 15.3. The van der Waals surface area contributed by atoms with E-state index < -0.39 is 34.5 Å². The number of carbonyl (C=O) groups is 2. The maximum absolute atomic E-state index is 13.7. The first-order valence-corrected chi connectivity index (χ1v) is 6.89. The lowest BCUT2D eigenvalue weighted by Gasteiger charge is -2.36. The SMILES string of the molecule is CC1CCC(NC(=O)c2c(O)cccc2F)(C(=O)O)CC1. The van der Waals surface area contributed by atoms with E-state index >= 15 is 0 Å². The Kier molecular flexibility index (Phi) is 4.16. The molecule has 2 rings (SSSR count). The van der Waals surface area contributed by atoms with Crippen LogP contribution in [0.15, 0.2) is 18.2 Å². The maximum atomic E-state index is 13.7. The molecule has 1 fully saturated rings. The summed E-state index contributed by atoms with van der Waals surface area (Å²) in [5.41, 5.74) is -1.91. The van der Waals surface area contributed by atoms with Crippen molar-refractivity contribution in [3.05, 3.63) is 29.6 Å². The molecule has 114 valence electrons. The fourth-order valence-corrected chi connectivity index (χ4v) is 2.66. The number of carbonyl (C=O) groups excluding carboxylic acids is 1. The molecule has 0 bridgehead atoms. The van der Waals surface area contributed by atoms with Gasteiger partial charge in [0, 0.05) is 0 Å². The summed E-state index contributed by atoms with van der Waals surface area (Å²) in [5.74, 6) is -3.01. The largest absolute Gasteiger partial charge is 0.507 e. The van der Waals surface area contributed by atoms with Crippen LogP contribution in [0.25, 0.3) is 0 Å². The molecule has 0 aliphatic heterocycles. The second-order valence-electron chi connectivity index (χ2n) is 5.66. The monoisotopic (exact) mass is 295 g/mol. The summed E-state index contributed by atoms with van der Waals surface area (Å²) >= 11 is 0. The van der Waals surface area contributed by atoms with Crippen LogP contribution in [0.4, 0.5) is 4.39 Å². The molecule has 0 spiro atoms. The third kappa shape index (κ3) is 2.99. The number of nitrogens with one attached hydrogen (secondary N) is 1. The molecular formula is C15H18FNO4. The van der Waals surface area contributed by atoms with Crippen LogP contribution < -0.4 is 5.32 Å². The number of aromatic hydroxyl groups is 1. The van der Waals surface area contributed by atoms with Gasteiger partial charge in [-0.3, -0.25) is 4.79 Å². The molecule has 1 aromatic rings. The van der Waals surface area contributed by atoms with Crippen LogP contribution in [0.5, 0.6) is 5.75 Å². The van der Waals surface area contributed by atoms with Crippen molar-refractivity contribution in [3.8, 4) is 5.75 Å². The van der Waals surface area contributed by atoms with Gasteiger partial charge in [-0.15, -0.1) is 0 Å². The summed E-state index contributed by atoms with van der Waals surface area (Å²) < 4.78 is 13.7. The van der Waals surface area contributed by atoms with Crippen molar-refractivity contribution in [1.82, 2.24) is 5.32 Å². The van der Waals surface area contributed by atoms with E-state index in [1.54, 1.807) is 0 Å². The third-order valence-corrected chi connectivity index (χ3v) is 4.11. The molecule has 1 aromatic carbocycles. The average Bonchev–Trinajstić information content (AvgIpc) is 2.41. The number of hydrogen-bond donors (Lipinski definition) is 3. The summed E-state index contributed by atoms with van der Waals surface area (Å²) in [4.78, 5) is 23.7. The smallest absolute Gasteiger partial charge is 0.329 e. The van der Waals surface area contributed by atoms with Crippen LogP contribution >= 0.6 is 0 Å². The molecule has 0 heterocycles. The van der Waals surface area contributed by atoms with Crippen molar-refractivity contribution in [2.75, 3.05) is 0 Å². The van der Waals surface area contributed by atoms with Gasteiger partial charge in [-0.2, -0.15) is 0 Å². The number of carboxylic acids is 1. The minimum absolute atomic E-state index is 0.296. The van der Waals surface area contributed by atoms with Crippen LogP contribution in [0.3, 0.4) is 0 Å². The second-order valence-corrected chi connectivity index (χ2v) is 5.66. The predicted molar refractivity (Wildman–Crippen MR) is 73.5 cm³/mol. The first-order chi connectivity index (χ1) is 9.85. The highest BCUT2D eigenvalue weighted by Crippen LogP contribution is 2.33. The summed E-state index contributed by atoms with van der Waals surface area (Å²) in [6.07, 6.45) is 1.95. The number of carboxylic acid groups (broad SMARTS) is 1. The predicted octanol–water partition coefficient (Wildman–Crippen LogP) is 2.29. The molecule has 0 radical (unpaired) electrons. The van der Waals surface area contributed by atoms with Gasteiger partial charge >= 0.3 is 5.97 Å². The second kappa shape index (κ2) is 5.71. The van der Waals surface area contributed by atoms with Gasteiger partial charge in [0.2, 0.25) is 0 Å². The normalized spacial score (nSPS) is 25.3. The number of hydrogen-bond acceptors (Lipinski definition) is 3. The van der Waals surface area contributed by atoms with Crippen molar-refractivity contribution in [1.29, 1.82) is 0 Å². The fourth-order valence-electron chi connectivity index (χ4n) is 2.66. The number of amides is 1. The van der Waals surface area contributed by atoms with Crippen LogP contribution in [-0.4, -0.2) is 27.6 Å². The molecule has 5 nitrogen and oxygen atoms in total. The van der Waals surface area contributed by atoms with Crippen LogP contribution in [-0.2, 0) is 4.79 Å².